The quantitative estimate of drug-likeness (QED) is 0.802. The van der Waals surface area contributed by atoms with E-state index >= 15 is 0 Å². The Morgan fingerprint density at radius 2 is 1.74 bits per heavy atom. The van der Waals surface area contributed by atoms with E-state index in [4.69, 9.17) is 14.2 Å². The number of carbonyl (C=O) groups is 2. The number of ether oxygens (including phenoxy) is 3. The minimum Gasteiger partial charge on any atom is -0.497 e. The Morgan fingerprint density at radius 1 is 1.13 bits per heavy atom. The third kappa shape index (κ3) is 5.35. The first-order valence-electron chi connectivity index (χ1n) is 7.39. The van der Waals surface area contributed by atoms with E-state index in [2.05, 4.69) is 5.32 Å². The highest BCUT2D eigenvalue weighted by Gasteiger charge is 2.23. The fourth-order valence-electron chi connectivity index (χ4n) is 2.26. The Labute approximate surface area is 139 Å². The predicted molar refractivity (Wildman–Crippen MR) is 89.2 cm³/mol. The molecule has 0 aliphatic carbocycles. The summed E-state index contributed by atoms with van der Waals surface area (Å²) in [6.45, 7) is -0.290. The number of nitrogens with one attached hydrogen (secondary N) is 1. The van der Waals surface area contributed by atoms with Crippen LogP contribution in [0.4, 0.5) is 5.69 Å². The van der Waals surface area contributed by atoms with Crippen molar-refractivity contribution >= 4 is 29.3 Å². The minimum absolute atomic E-state index is 0.0824. The Hall–Kier alpha value is -1.89. The van der Waals surface area contributed by atoms with Crippen molar-refractivity contribution in [2.75, 3.05) is 37.6 Å². The van der Waals surface area contributed by atoms with E-state index in [0.29, 0.717) is 17.2 Å². The molecule has 1 aromatic rings. The van der Waals surface area contributed by atoms with E-state index in [1.165, 1.54) is 14.2 Å². The molecule has 0 bridgehead atoms. The zero-order valence-electron chi connectivity index (χ0n) is 13.3. The summed E-state index contributed by atoms with van der Waals surface area (Å²) in [5, 5.41) is 2.67. The average molecular weight is 339 g/mol. The molecule has 2 rings (SSSR count). The maximum absolute atomic E-state index is 11.9. The number of hydrogen-bond acceptors (Lipinski definition) is 6. The number of benzene rings is 1. The number of rotatable bonds is 6. The number of carbonyl (C=O) groups excluding carboxylic acids is 2. The molecule has 1 aliphatic rings. The van der Waals surface area contributed by atoms with Crippen LogP contribution in [0, 0.1) is 5.92 Å². The zero-order valence-corrected chi connectivity index (χ0v) is 14.1. The smallest absolute Gasteiger partial charge is 0.309 e. The maximum Gasteiger partial charge on any atom is 0.309 e. The summed E-state index contributed by atoms with van der Waals surface area (Å²) in [5.41, 5.74) is 0.524. The maximum atomic E-state index is 11.9. The predicted octanol–water partition coefficient (Wildman–Crippen LogP) is 2.33. The Balaban J connectivity index is 1.85. The topological polar surface area (TPSA) is 73.9 Å². The van der Waals surface area contributed by atoms with Crippen molar-refractivity contribution in [1.82, 2.24) is 0 Å². The summed E-state index contributed by atoms with van der Waals surface area (Å²) in [6.07, 6.45) is 1.64. The van der Waals surface area contributed by atoms with Crippen LogP contribution in [0.15, 0.2) is 18.2 Å². The summed E-state index contributed by atoms with van der Waals surface area (Å²) in [6, 6.07) is 5.04. The first kappa shape index (κ1) is 17.5. The molecule has 1 amide bonds. The molecule has 0 unspecified atom stereocenters. The lowest BCUT2D eigenvalue weighted by Crippen LogP contribution is -2.26. The molecule has 7 heteroatoms. The second kappa shape index (κ2) is 8.67. The number of anilines is 1. The van der Waals surface area contributed by atoms with Crippen molar-refractivity contribution in [3.63, 3.8) is 0 Å². The van der Waals surface area contributed by atoms with Crippen molar-refractivity contribution in [2.45, 2.75) is 12.8 Å². The lowest BCUT2D eigenvalue weighted by molar-refractivity contribution is -0.151. The number of thioether (sulfide) groups is 1. The third-order valence-electron chi connectivity index (χ3n) is 3.54. The van der Waals surface area contributed by atoms with Crippen LogP contribution in [0.3, 0.4) is 0 Å². The molecule has 0 aromatic heterocycles. The molecule has 23 heavy (non-hydrogen) atoms. The highest BCUT2D eigenvalue weighted by molar-refractivity contribution is 7.99. The molecule has 1 aromatic carbocycles. The SMILES string of the molecule is COc1cc(NC(=O)COC(=O)C2CCSCC2)cc(OC)c1. The van der Waals surface area contributed by atoms with Crippen LogP contribution in [0.25, 0.3) is 0 Å². The second-order valence-electron chi connectivity index (χ2n) is 5.14. The van der Waals surface area contributed by atoms with Gasteiger partial charge in [0.15, 0.2) is 6.61 Å². The number of esters is 1. The van der Waals surface area contributed by atoms with E-state index in [1.54, 1.807) is 18.2 Å². The van der Waals surface area contributed by atoms with Gasteiger partial charge >= 0.3 is 5.97 Å². The second-order valence-corrected chi connectivity index (χ2v) is 6.37. The van der Waals surface area contributed by atoms with Crippen molar-refractivity contribution in [2.24, 2.45) is 5.92 Å². The van der Waals surface area contributed by atoms with Gasteiger partial charge in [-0.05, 0) is 24.3 Å². The van der Waals surface area contributed by atoms with E-state index in [1.807, 2.05) is 11.8 Å². The van der Waals surface area contributed by atoms with Crippen molar-refractivity contribution in [3.05, 3.63) is 18.2 Å². The highest BCUT2D eigenvalue weighted by atomic mass is 32.2. The molecular weight excluding hydrogens is 318 g/mol. The largest absolute Gasteiger partial charge is 0.497 e. The fourth-order valence-corrected chi connectivity index (χ4v) is 3.37. The summed E-state index contributed by atoms with van der Waals surface area (Å²) < 4.78 is 15.4. The van der Waals surface area contributed by atoms with Crippen molar-refractivity contribution < 1.29 is 23.8 Å². The Kier molecular flexibility index (Phi) is 6.58. The molecule has 1 heterocycles. The summed E-state index contributed by atoms with van der Waals surface area (Å²) in [7, 11) is 3.06. The van der Waals surface area contributed by atoms with Gasteiger partial charge in [-0.2, -0.15) is 11.8 Å². The van der Waals surface area contributed by atoms with Gasteiger partial charge in [0.05, 0.1) is 20.1 Å². The van der Waals surface area contributed by atoms with Gasteiger partial charge in [-0.3, -0.25) is 9.59 Å². The molecule has 0 atom stereocenters. The van der Waals surface area contributed by atoms with Gasteiger partial charge in [-0.15, -0.1) is 0 Å². The van der Waals surface area contributed by atoms with Crippen LogP contribution in [0.5, 0.6) is 11.5 Å². The van der Waals surface area contributed by atoms with Gasteiger partial charge in [0, 0.05) is 23.9 Å². The van der Waals surface area contributed by atoms with Gasteiger partial charge in [0.25, 0.3) is 5.91 Å². The minimum atomic E-state index is -0.390. The molecule has 0 saturated carbocycles. The van der Waals surface area contributed by atoms with Gasteiger partial charge in [0.2, 0.25) is 0 Å². The van der Waals surface area contributed by atoms with Crippen LogP contribution < -0.4 is 14.8 Å². The summed E-state index contributed by atoms with van der Waals surface area (Å²) in [4.78, 5) is 23.8. The molecule has 1 fully saturated rings. The summed E-state index contributed by atoms with van der Waals surface area (Å²) in [5.74, 6) is 2.31. The fraction of sp³-hybridized carbons (Fsp3) is 0.500. The molecule has 6 nitrogen and oxygen atoms in total. The van der Waals surface area contributed by atoms with Gasteiger partial charge in [0.1, 0.15) is 11.5 Å². The third-order valence-corrected chi connectivity index (χ3v) is 4.58. The molecule has 1 N–H and O–H groups in total. The van der Waals surface area contributed by atoms with E-state index in [0.717, 1.165) is 24.3 Å². The van der Waals surface area contributed by atoms with Gasteiger partial charge in [-0.1, -0.05) is 0 Å². The van der Waals surface area contributed by atoms with E-state index < -0.39 is 0 Å². The normalized spacial score (nSPS) is 14.9. The van der Waals surface area contributed by atoms with E-state index in [9.17, 15) is 9.59 Å². The monoisotopic (exact) mass is 339 g/mol. The van der Waals surface area contributed by atoms with Crippen LogP contribution in [-0.4, -0.2) is 44.2 Å². The lowest BCUT2D eigenvalue weighted by atomic mass is 10.0. The van der Waals surface area contributed by atoms with Crippen LogP contribution >= 0.6 is 11.8 Å². The van der Waals surface area contributed by atoms with Crippen LogP contribution in [0.2, 0.25) is 0 Å². The Morgan fingerprint density at radius 3 is 2.30 bits per heavy atom. The van der Waals surface area contributed by atoms with Crippen LogP contribution in [-0.2, 0) is 14.3 Å². The highest BCUT2D eigenvalue weighted by Crippen LogP contribution is 2.26. The number of hydrogen-bond donors (Lipinski definition) is 1. The first-order chi connectivity index (χ1) is 11.1. The van der Waals surface area contributed by atoms with Crippen LogP contribution in [0.1, 0.15) is 12.8 Å². The molecular formula is C16H21NO5S. The Bertz CT molecular complexity index is 535. The molecule has 126 valence electrons. The van der Waals surface area contributed by atoms with Gasteiger partial charge < -0.3 is 19.5 Å². The average Bonchev–Trinajstić information content (AvgIpc) is 2.60. The molecule has 1 saturated heterocycles. The van der Waals surface area contributed by atoms with Gasteiger partial charge in [-0.25, -0.2) is 0 Å². The molecule has 0 radical (unpaired) electrons. The first-order valence-corrected chi connectivity index (χ1v) is 8.55. The number of methoxy groups -OCH3 is 2. The van der Waals surface area contributed by atoms with E-state index in [-0.39, 0.29) is 24.4 Å². The molecule has 0 spiro atoms. The van der Waals surface area contributed by atoms with Crippen molar-refractivity contribution in [1.29, 1.82) is 0 Å². The van der Waals surface area contributed by atoms with Crippen molar-refractivity contribution in [3.8, 4) is 11.5 Å². The molecule has 1 aliphatic heterocycles. The number of amides is 1. The lowest BCUT2D eigenvalue weighted by Gasteiger charge is -2.19. The summed E-state index contributed by atoms with van der Waals surface area (Å²) >= 11 is 1.84. The zero-order chi connectivity index (χ0) is 16.7. The standard InChI is InChI=1S/C16H21NO5S/c1-20-13-7-12(8-14(9-13)21-2)17-15(18)10-22-16(19)11-3-5-23-6-4-11/h7-9,11H,3-6,10H2,1-2H3,(H,17,18).